The van der Waals surface area contributed by atoms with Gasteiger partial charge in [-0.3, -0.25) is 0 Å². The zero-order valence-electron chi connectivity index (χ0n) is 11.5. The third-order valence-electron chi connectivity index (χ3n) is 3.29. The van der Waals surface area contributed by atoms with Crippen molar-refractivity contribution >= 4 is 34.1 Å². The predicted octanol–water partition coefficient (Wildman–Crippen LogP) is 4.92. The van der Waals surface area contributed by atoms with Gasteiger partial charge < -0.3 is 4.74 Å². The van der Waals surface area contributed by atoms with Gasteiger partial charge in [0.25, 0.3) is 0 Å². The van der Waals surface area contributed by atoms with Gasteiger partial charge in [0.1, 0.15) is 10.9 Å². The van der Waals surface area contributed by atoms with Gasteiger partial charge in [-0.05, 0) is 36.8 Å². The van der Waals surface area contributed by atoms with Crippen LogP contribution in [0.1, 0.15) is 5.56 Å². The number of fused-ring (bicyclic) bond motifs is 1. The van der Waals surface area contributed by atoms with Crippen LogP contribution in [0, 0.1) is 6.92 Å². The van der Waals surface area contributed by atoms with Gasteiger partial charge in [-0.15, -0.1) is 0 Å². The Morgan fingerprint density at radius 2 is 1.86 bits per heavy atom. The summed E-state index contributed by atoms with van der Waals surface area (Å²) in [6, 6.07) is 11.2. The van der Waals surface area contributed by atoms with E-state index in [0.717, 1.165) is 22.0 Å². The van der Waals surface area contributed by atoms with E-state index in [9.17, 15) is 0 Å². The number of benzene rings is 2. The van der Waals surface area contributed by atoms with E-state index in [2.05, 4.69) is 9.97 Å². The molecule has 0 saturated heterocycles. The second-order valence-corrected chi connectivity index (χ2v) is 5.45. The molecule has 3 aromatic rings. The predicted molar refractivity (Wildman–Crippen MR) is 86.3 cm³/mol. The minimum Gasteiger partial charge on any atom is -0.496 e. The summed E-state index contributed by atoms with van der Waals surface area (Å²) in [5.74, 6) is 1.14. The number of ether oxygens (including phenoxy) is 1. The molecule has 0 spiro atoms. The average molecular weight is 319 g/mol. The Hall–Kier alpha value is -1.84. The molecular formula is C16H12Cl2N2O. The van der Waals surface area contributed by atoms with Crippen LogP contribution in [-0.4, -0.2) is 17.1 Å². The van der Waals surface area contributed by atoms with Gasteiger partial charge in [0.05, 0.1) is 18.2 Å². The summed E-state index contributed by atoms with van der Waals surface area (Å²) in [6.45, 7) is 1.99. The zero-order chi connectivity index (χ0) is 15.0. The highest BCUT2D eigenvalue weighted by atomic mass is 35.5. The first-order valence-electron chi connectivity index (χ1n) is 6.37. The molecule has 0 unspecified atom stereocenters. The van der Waals surface area contributed by atoms with E-state index in [-0.39, 0.29) is 0 Å². The molecular weight excluding hydrogens is 307 g/mol. The summed E-state index contributed by atoms with van der Waals surface area (Å²) < 4.78 is 5.35. The van der Waals surface area contributed by atoms with Crippen molar-refractivity contribution < 1.29 is 4.74 Å². The van der Waals surface area contributed by atoms with Crippen molar-refractivity contribution in [3.63, 3.8) is 0 Å². The largest absolute Gasteiger partial charge is 0.496 e. The van der Waals surface area contributed by atoms with E-state index in [4.69, 9.17) is 27.9 Å². The summed E-state index contributed by atoms with van der Waals surface area (Å²) >= 11 is 12.3. The lowest BCUT2D eigenvalue weighted by Crippen LogP contribution is -1.96. The third kappa shape index (κ3) is 2.55. The molecule has 21 heavy (non-hydrogen) atoms. The van der Waals surface area contributed by atoms with Crippen LogP contribution in [0.2, 0.25) is 10.2 Å². The molecule has 3 rings (SSSR count). The molecule has 1 aromatic heterocycles. The number of hydrogen-bond donors (Lipinski definition) is 0. The fourth-order valence-electron chi connectivity index (χ4n) is 2.27. The Balaban J connectivity index is 2.27. The van der Waals surface area contributed by atoms with Crippen LogP contribution in [0.3, 0.4) is 0 Å². The maximum Gasteiger partial charge on any atom is 0.165 e. The Morgan fingerprint density at radius 3 is 2.62 bits per heavy atom. The fourth-order valence-corrected chi connectivity index (χ4v) is 2.76. The van der Waals surface area contributed by atoms with E-state index in [0.29, 0.717) is 21.7 Å². The second kappa shape index (κ2) is 5.51. The molecule has 0 fully saturated rings. The summed E-state index contributed by atoms with van der Waals surface area (Å²) in [5, 5.41) is 1.90. The van der Waals surface area contributed by atoms with Crippen LogP contribution in [-0.2, 0) is 0 Å². The Kier molecular flexibility index (Phi) is 3.70. The number of hydrogen-bond acceptors (Lipinski definition) is 3. The second-order valence-electron chi connectivity index (χ2n) is 4.65. The molecule has 106 valence electrons. The maximum atomic E-state index is 6.33. The molecule has 1 heterocycles. The van der Waals surface area contributed by atoms with Gasteiger partial charge in [0.2, 0.25) is 0 Å². The third-order valence-corrected chi connectivity index (χ3v) is 3.80. The lowest BCUT2D eigenvalue weighted by Gasteiger charge is -2.10. The molecule has 2 aromatic carbocycles. The van der Waals surface area contributed by atoms with Crippen LogP contribution >= 0.6 is 23.2 Å². The number of methoxy groups -OCH3 is 1. The standard InChI is InChI=1S/C16H12Cl2N2O/c1-9-4-3-5-12-14(9)15(18)20-16(19-12)11-7-6-10(17)8-13(11)21-2/h3-8H,1-2H3. The van der Waals surface area contributed by atoms with Gasteiger partial charge in [-0.25, -0.2) is 9.97 Å². The van der Waals surface area contributed by atoms with Gasteiger partial charge >= 0.3 is 0 Å². The number of aryl methyl sites for hydroxylation is 1. The lowest BCUT2D eigenvalue weighted by atomic mass is 10.1. The highest BCUT2D eigenvalue weighted by Crippen LogP contribution is 2.33. The van der Waals surface area contributed by atoms with Crippen LogP contribution in [0.25, 0.3) is 22.3 Å². The Bertz CT molecular complexity index is 834. The molecule has 5 heteroatoms. The van der Waals surface area contributed by atoms with E-state index < -0.39 is 0 Å². The number of halogens is 2. The smallest absolute Gasteiger partial charge is 0.165 e. The van der Waals surface area contributed by atoms with E-state index in [1.165, 1.54) is 0 Å². The van der Waals surface area contributed by atoms with Gasteiger partial charge in [-0.1, -0.05) is 35.3 Å². The van der Waals surface area contributed by atoms with Crippen molar-refractivity contribution in [2.45, 2.75) is 6.92 Å². The Morgan fingerprint density at radius 1 is 1.05 bits per heavy atom. The molecule has 0 aliphatic heterocycles. The first-order chi connectivity index (χ1) is 10.1. The van der Waals surface area contributed by atoms with Crippen molar-refractivity contribution in [3.05, 3.63) is 52.1 Å². The van der Waals surface area contributed by atoms with E-state index in [1.54, 1.807) is 19.2 Å². The van der Waals surface area contributed by atoms with E-state index >= 15 is 0 Å². The lowest BCUT2D eigenvalue weighted by molar-refractivity contribution is 0.416. The quantitative estimate of drug-likeness (QED) is 0.629. The van der Waals surface area contributed by atoms with Crippen LogP contribution in [0.5, 0.6) is 5.75 Å². The van der Waals surface area contributed by atoms with Crippen LogP contribution in [0.15, 0.2) is 36.4 Å². The first-order valence-corrected chi connectivity index (χ1v) is 7.12. The molecule has 0 atom stereocenters. The summed E-state index contributed by atoms with van der Waals surface area (Å²) in [4.78, 5) is 8.99. The normalized spacial score (nSPS) is 10.9. The average Bonchev–Trinajstić information content (AvgIpc) is 2.46. The van der Waals surface area contributed by atoms with Crippen LogP contribution < -0.4 is 4.74 Å². The number of rotatable bonds is 2. The minimum absolute atomic E-state index is 0.435. The molecule has 0 aliphatic rings. The minimum atomic E-state index is 0.435. The first kappa shape index (κ1) is 14.1. The van der Waals surface area contributed by atoms with E-state index in [1.807, 2.05) is 31.2 Å². The van der Waals surface area contributed by atoms with Crippen molar-refractivity contribution in [1.82, 2.24) is 9.97 Å². The molecule has 0 radical (unpaired) electrons. The van der Waals surface area contributed by atoms with Gasteiger partial charge in [0, 0.05) is 10.4 Å². The number of nitrogens with zero attached hydrogens (tertiary/aromatic N) is 2. The number of aromatic nitrogens is 2. The molecule has 0 bridgehead atoms. The van der Waals surface area contributed by atoms with Crippen molar-refractivity contribution in [3.8, 4) is 17.1 Å². The topological polar surface area (TPSA) is 35.0 Å². The SMILES string of the molecule is COc1cc(Cl)ccc1-c1nc(Cl)c2c(C)cccc2n1. The summed E-state index contributed by atoms with van der Waals surface area (Å²) in [6.07, 6.45) is 0. The summed E-state index contributed by atoms with van der Waals surface area (Å²) in [5.41, 5.74) is 2.61. The molecule has 3 nitrogen and oxygen atoms in total. The van der Waals surface area contributed by atoms with Crippen LogP contribution in [0.4, 0.5) is 0 Å². The highest BCUT2D eigenvalue weighted by molar-refractivity contribution is 6.34. The van der Waals surface area contributed by atoms with Crippen molar-refractivity contribution in [2.24, 2.45) is 0 Å². The van der Waals surface area contributed by atoms with Crippen molar-refractivity contribution in [1.29, 1.82) is 0 Å². The monoisotopic (exact) mass is 318 g/mol. The fraction of sp³-hybridized carbons (Fsp3) is 0.125. The molecule has 0 N–H and O–H groups in total. The van der Waals surface area contributed by atoms with Crippen molar-refractivity contribution in [2.75, 3.05) is 7.11 Å². The molecule has 0 amide bonds. The highest BCUT2D eigenvalue weighted by Gasteiger charge is 2.13. The van der Waals surface area contributed by atoms with Gasteiger partial charge in [0.15, 0.2) is 5.82 Å². The van der Waals surface area contributed by atoms with Gasteiger partial charge in [-0.2, -0.15) is 0 Å². The molecule has 0 aliphatic carbocycles. The zero-order valence-corrected chi connectivity index (χ0v) is 13.0. The summed E-state index contributed by atoms with van der Waals surface area (Å²) in [7, 11) is 1.59. The maximum absolute atomic E-state index is 6.33. The molecule has 0 saturated carbocycles. The Labute approximate surface area is 132 Å².